The summed E-state index contributed by atoms with van der Waals surface area (Å²) < 4.78 is 6.12. The first-order valence-corrected chi connectivity index (χ1v) is 7.65. The van der Waals surface area contributed by atoms with E-state index >= 15 is 0 Å². The molecule has 0 aliphatic heterocycles. The van der Waals surface area contributed by atoms with Crippen LogP contribution >= 0.6 is 15.9 Å². The number of ether oxygens (including phenoxy) is 1. The minimum atomic E-state index is -0.599. The van der Waals surface area contributed by atoms with Crippen molar-refractivity contribution in [3.05, 3.63) is 70.2 Å². The van der Waals surface area contributed by atoms with Gasteiger partial charge in [0.1, 0.15) is 6.61 Å². The molecule has 0 amide bonds. The molecule has 0 saturated carbocycles. The number of nitrogens with zero attached hydrogens (tertiary/aromatic N) is 1. The van der Waals surface area contributed by atoms with E-state index in [0.29, 0.717) is 12.8 Å². The maximum Gasteiger partial charge on any atom is 0.356 e. The Morgan fingerprint density at radius 3 is 2.45 bits per heavy atom. The largest absolute Gasteiger partial charge is 0.456 e. The van der Waals surface area contributed by atoms with Crippen molar-refractivity contribution in [1.82, 2.24) is 0 Å². The molecule has 0 radical (unpaired) electrons. The number of hydrogen-bond donors (Lipinski definition) is 1. The second kappa shape index (κ2) is 8.34. The standard InChI is InChI=1S/C17H16BrNO3/c18-15-9-5-4-8-14(15)10-11-16(19-21)17(20)22-12-13-6-2-1-3-7-13/h1-9,21H,10-12H2. The van der Waals surface area contributed by atoms with E-state index in [1.54, 1.807) is 0 Å². The van der Waals surface area contributed by atoms with Crippen LogP contribution in [0.3, 0.4) is 0 Å². The third-order valence-corrected chi connectivity index (χ3v) is 3.93. The molecule has 0 spiro atoms. The second-order valence-electron chi connectivity index (χ2n) is 4.70. The van der Waals surface area contributed by atoms with E-state index in [2.05, 4.69) is 21.1 Å². The molecule has 0 bridgehead atoms. The van der Waals surface area contributed by atoms with Gasteiger partial charge in [-0.2, -0.15) is 0 Å². The third kappa shape index (κ3) is 4.70. The Kier molecular flexibility index (Phi) is 6.15. The van der Waals surface area contributed by atoms with Gasteiger partial charge in [0.2, 0.25) is 0 Å². The number of esters is 1. The van der Waals surface area contributed by atoms with Gasteiger partial charge in [0.15, 0.2) is 5.71 Å². The van der Waals surface area contributed by atoms with Gasteiger partial charge in [0.25, 0.3) is 0 Å². The van der Waals surface area contributed by atoms with Crippen molar-refractivity contribution < 1.29 is 14.7 Å². The minimum absolute atomic E-state index is 0.0201. The lowest BCUT2D eigenvalue weighted by molar-refractivity contribution is -0.137. The highest BCUT2D eigenvalue weighted by Crippen LogP contribution is 2.17. The van der Waals surface area contributed by atoms with Gasteiger partial charge >= 0.3 is 5.97 Å². The highest BCUT2D eigenvalue weighted by molar-refractivity contribution is 9.10. The number of oxime groups is 1. The van der Waals surface area contributed by atoms with Crippen LogP contribution < -0.4 is 0 Å². The summed E-state index contributed by atoms with van der Waals surface area (Å²) in [5.41, 5.74) is 1.95. The van der Waals surface area contributed by atoms with E-state index in [1.165, 1.54) is 0 Å². The number of aryl methyl sites for hydroxylation is 1. The second-order valence-corrected chi connectivity index (χ2v) is 5.55. The van der Waals surface area contributed by atoms with Gasteiger partial charge in [-0.3, -0.25) is 0 Å². The zero-order chi connectivity index (χ0) is 15.8. The lowest BCUT2D eigenvalue weighted by atomic mass is 10.1. The van der Waals surface area contributed by atoms with E-state index in [0.717, 1.165) is 15.6 Å². The first-order chi connectivity index (χ1) is 10.7. The van der Waals surface area contributed by atoms with Crippen LogP contribution in [-0.4, -0.2) is 16.9 Å². The molecule has 0 unspecified atom stereocenters. The van der Waals surface area contributed by atoms with Gasteiger partial charge in [0, 0.05) is 10.9 Å². The van der Waals surface area contributed by atoms with Gasteiger partial charge in [0.05, 0.1) is 0 Å². The fraction of sp³-hybridized carbons (Fsp3) is 0.176. The quantitative estimate of drug-likeness (QED) is 0.366. The Bertz CT molecular complexity index is 656. The van der Waals surface area contributed by atoms with Crippen molar-refractivity contribution in [3.8, 4) is 0 Å². The van der Waals surface area contributed by atoms with Gasteiger partial charge in [-0.1, -0.05) is 69.6 Å². The topological polar surface area (TPSA) is 58.9 Å². The minimum Gasteiger partial charge on any atom is -0.456 e. The summed E-state index contributed by atoms with van der Waals surface area (Å²) >= 11 is 3.45. The molecule has 0 heterocycles. The van der Waals surface area contributed by atoms with Crippen LogP contribution in [0.4, 0.5) is 0 Å². The Hall–Kier alpha value is -2.14. The molecule has 0 aliphatic carbocycles. The molecule has 22 heavy (non-hydrogen) atoms. The molecule has 0 atom stereocenters. The normalized spacial score (nSPS) is 11.2. The van der Waals surface area contributed by atoms with E-state index in [4.69, 9.17) is 9.94 Å². The van der Waals surface area contributed by atoms with E-state index < -0.39 is 5.97 Å². The Balaban J connectivity index is 1.88. The summed E-state index contributed by atoms with van der Waals surface area (Å²) in [6, 6.07) is 17.1. The highest BCUT2D eigenvalue weighted by atomic mass is 79.9. The highest BCUT2D eigenvalue weighted by Gasteiger charge is 2.14. The summed E-state index contributed by atoms with van der Waals surface area (Å²) in [5.74, 6) is -0.599. The van der Waals surface area contributed by atoms with Gasteiger partial charge in [-0.15, -0.1) is 0 Å². The van der Waals surface area contributed by atoms with Gasteiger partial charge in [-0.25, -0.2) is 4.79 Å². The molecule has 2 rings (SSSR count). The zero-order valence-corrected chi connectivity index (χ0v) is 13.5. The molecule has 0 aromatic heterocycles. The van der Waals surface area contributed by atoms with Crippen molar-refractivity contribution in [2.75, 3.05) is 0 Å². The summed E-state index contributed by atoms with van der Waals surface area (Å²) in [6.45, 7) is 0.160. The van der Waals surface area contributed by atoms with Crippen LogP contribution in [0.2, 0.25) is 0 Å². The predicted molar refractivity (Wildman–Crippen MR) is 87.9 cm³/mol. The SMILES string of the molecule is O=C(OCc1ccccc1)C(CCc1ccccc1Br)=NO. The molecule has 114 valence electrons. The monoisotopic (exact) mass is 361 g/mol. The lowest BCUT2D eigenvalue weighted by Gasteiger charge is -2.07. The number of benzene rings is 2. The van der Waals surface area contributed by atoms with Crippen molar-refractivity contribution >= 4 is 27.6 Å². The average Bonchev–Trinajstić information content (AvgIpc) is 2.56. The molecule has 0 saturated heterocycles. The maximum atomic E-state index is 11.9. The van der Waals surface area contributed by atoms with Crippen molar-refractivity contribution in [1.29, 1.82) is 0 Å². The van der Waals surface area contributed by atoms with Crippen LogP contribution in [0, 0.1) is 0 Å². The van der Waals surface area contributed by atoms with Crippen LogP contribution in [0.1, 0.15) is 17.5 Å². The first kappa shape index (κ1) is 16.2. The Morgan fingerprint density at radius 1 is 1.09 bits per heavy atom. The average molecular weight is 362 g/mol. The molecule has 2 aromatic rings. The van der Waals surface area contributed by atoms with Crippen LogP contribution in [0.5, 0.6) is 0 Å². The molecule has 4 nitrogen and oxygen atoms in total. The number of halogens is 1. The number of carbonyl (C=O) groups excluding carboxylic acids is 1. The lowest BCUT2D eigenvalue weighted by Crippen LogP contribution is -2.18. The van der Waals surface area contributed by atoms with Gasteiger partial charge < -0.3 is 9.94 Å². The Morgan fingerprint density at radius 2 is 1.77 bits per heavy atom. The van der Waals surface area contributed by atoms with Crippen LogP contribution in [0.15, 0.2) is 64.2 Å². The molecule has 1 N–H and O–H groups in total. The van der Waals surface area contributed by atoms with Crippen molar-refractivity contribution in [3.63, 3.8) is 0 Å². The molecule has 2 aromatic carbocycles. The summed E-state index contributed by atoms with van der Waals surface area (Å²) in [4.78, 5) is 11.9. The van der Waals surface area contributed by atoms with E-state index in [-0.39, 0.29) is 12.3 Å². The smallest absolute Gasteiger partial charge is 0.356 e. The van der Waals surface area contributed by atoms with Crippen molar-refractivity contribution in [2.45, 2.75) is 19.4 Å². The summed E-state index contributed by atoms with van der Waals surface area (Å²) in [6.07, 6.45) is 0.897. The van der Waals surface area contributed by atoms with E-state index in [9.17, 15) is 4.79 Å². The molecular formula is C17H16BrNO3. The number of hydrogen-bond acceptors (Lipinski definition) is 4. The fourth-order valence-electron chi connectivity index (χ4n) is 1.95. The molecule has 0 fully saturated rings. The molecule has 0 aliphatic rings. The molecule has 5 heteroatoms. The van der Waals surface area contributed by atoms with E-state index in [1.807, 2.05) is 54.6 Å². The number of carbonyl (C=O) groups is 1. The molecular weight excluding hydrogens is 346 g/mol. The van der Waals surface area contributed by atoms with Crippen molar-refractivity contribution in [2.24, 2.45) is 5.16 Å². The maximum absolute atomic E-state index is 11.9. The van der Waals surface area contributed by atoms with Crippen LogP contribution in [0.25, 0.3) is 0 Å². The third-order valence-electron chi connectivity index (χ3n) is 3.16. The Labute approximate surface area is 137 Å². The summed E-state index contributed by atoms with van der Waals surface area (Å²) in [7, 11) is 0. The summed E-state index contributed by atoms with van der Waals surface area (Å²) in [5, 5.41) is 12.1. The zero-order valence-electron chi connectivity index (χ0n) is 11.9. The fourth-order valence-corrected chi connectivity index (χ4v) is 2.44. The predicted octanol–water partition coefficient (Wildman–Crippen LogP) is 3.96. The number of rotatable bonds is 6. The van der Waals surface area contributed by atoms with Gasteiger partial charge in [-0.05, 0) is 23.6 Å². The first-order valence-electron chi connectivity index (χ1n) is 6.86. The van der Waals surface area contributed by atoms with Crippen LogP contribution in [-0.2, 0) is 22.6 Å².